The maximum atomic E-state index is 12.7. The van der Waals surface area contributed by atoms with Gasteiger partial charge in [0.2, 0.25) is 11.8 Å². The molecule has 0 aliphatic carbocycles. The number of carbonyl (C=O) groups excluding carboxylic acids is 1. The first kappa shape index (κ1) is 18.4. The molecule has 7 heteroatoms. The highest BCUT2D eigenvalue weighted by atomic mass is 16.5. The lowest BCUT2D eigenvalue weighted by Gasteiger charge is -2.16. The van der Waals surface area contributed by atoms with Crippen LogP contribution in [0.5, 0.6) is 5.75 Å². The molecule has 26 heavy (non-hydrogen) atoms. The summed E-state index contributed by atoms with van der Waals surface area (Å²) in [5, 5.41) is 3.87. The average Bonchev–Trinajstić information content (AvgIpc) is 3.23. The molecule has 0 N–H and O–H groups in total. The third kappa shape index (κ3) is 4.22. The summed E-state index contributed by atoms with van der Waals surface area (Å²) in [7, 11) is 1.67. The van der Waals surface area contributed by atoms with Gasteiger partial charge < -0.3 is 18.9 Å². The van der Waals surface area contributed by atoms with Gasteiger partial charge in [0.05, 0.1) is 25.6 Å². The van der Waals surface area contributed by atoms with Crippen LogP contribution in [0.15, 0.2) is 28.8 Å². The Kier molecular flexibility index (Phi) is 5.88. The zero-order valence-corrected chi connectivity index (χ0v) is 15.5. The fourth-order valence-corrected chi connectivity index (χ4v) is 3.36. The molecule has 7 nitrogen and oxygen atoms in total. The van der Waals surface area contributed by atoms with Crippen LogP contribution in [0, 0.1) is 12.8 Å². The maximum Gasteiger partial charge on any atom is 0.231 e. The van der Waals surface area contributed by atoms with Gasteiger partial charge in [-0.05, 0) is 31.5 Å². The van der Waals surface area contributed by atoms with Gasteiger partial charge in [-0.3, -0.25) is 4.79 Å². The van der Waals surface area contributed by atoms with Crippen LogP contribution in [0.2, 0.25) is 0 Å². The largest absolute Gasteiger partial charge is 0.494 e. The second kappa shape index (κ2) is 8.31. The number of carbonyl (C=O) groups is 1. The van der Waals surface area contributed by atoms with E-state index in [1.165, 1.54) is 0 Å². The summed E-state index contributed by atoms with van der Waals surface area (Å²) in [5.41, 5.74) is 0.971. The third-order valence-electron chi connectivity index (χ3n) is 4.62. The van der Waals surface area contributed by atoms with Crippen LogP contribution in [-0.2, 0) is 16.0 Å². The number of benzene rings is 1. The highest BCUT2D eigenvalue weighted by molar-refractivity contribution is 5.79. The van der Waals surface area contributed by atoms with Gasteiger partial charge in [0.15, 0.2) is 5.82 Å². The molecule has 0 radical (unpaired) electrons. The van der Waals surface area contributed by atoms with E-state index in [1.54, 1.807) is 14.0 Å². The standard InChI is InChI=1S/C19H25N3O4/c1-4-25-16-7-5-14(6-8-16)9-18(23)22-10-15(12-24-3)17(11-22)19-20-13(2)21-26-19/h5-8,15,17H,4,9-12H2,1-3H3/t15-,17+/m0/s1. The van der Waals surface area contributed by atoms with Crippen molar-refractivity contribution in [3.63, 3.8) is 0 Å². The van der Waals surface area contributed by atoms with Gasteiger partial charge in [0, 0.05) is 26.1 Å². The zero-order valence-electron chi connectivity index (χ0n) is 15.5. The molecule has 1 amide bonds. The van der Waals surface area contributed by atoms with Gasteiger partial charge in [0.1, 0.15) is 5.75 Å². The molecule has 2 heterocycles. The van der Waals surface area contributed by atoms with Crippen LogP contribution < -0.4 is 4.74 Å². The predicted molar refractivity (Wildman–Crippen MR) is 95.0 cm³/mol. The Morgan fingerprint density at radius 2 is 2.08 bits per heavy atom. The molecule has 1 saturated heterocycles. The summed E-state index contributed by atoms with van der Waals surface area (Å²) in [6.07, 6.45) is 0.363. The Labute approximate surface area is 153 Å². The number of hydrogen-bond donors (Lipinski definition) is 0. The first-order valence-electron chi connectivity index (χ1n) is 8.89. The number of likely N-dealkylation sites (tertiary alicyclic amines) is 1. The molecule has 3 rings (SSSR count). The van der Waals surface area contributed by atoms with Crippen molar-refractivity contribution in [1.82, 2.24) is 15.0 Å². The Morgan fingerprint density at radius 1 is 1.31 bits per heavy atom. The van der Waals surface area contributed by atoms with Crippen LogP contribution in [0.3, 0.4) is 0 Å². The molecule has 1 aromatic heterocycles. The average molecular weight is 359 g/mol. The van der Waals surface area contributed by atoms with E-state index in [1.807, 2.05) is 36.1 Å². The van der Waals surface area contributed by atoms with Crippen LogP contribution in [0.1, 0.15) is 30.1 Å². The number of nitrogens with zero attached hydrogens (tertiary/aromatic N) is 3. The van der Waals surface area contributed by atoms with Crippen LogP contribution in [0.4, 0.5) is 0 Å². The smallest absolute Gasteiger partial charge is 0.231 e. The molecule has 1 fully saturated rings. The number of aryl methyl sites for hydroxylation is 1. The minimum atomic E-state index is 0.0143. The summed E-state index contributed by atoms with van der Waals surface area (Å²) in [4.78, 5) is 19.0. The molecule has 1 aromatic carbocycles. The molecule has 0 bridgehead atoms. The second-order valence-electron chi connectivity index (χ2n) is 6.55. The van der Waals surface area contributed by atoms with E-state index >= 15 is 0 Å². The first-order valence-corrected chi connectivity index (χ1v) is 8.89. The SMILES string of the molecule is CCOc1ccc(CC(=O)N2C[C@@H](COC)[C@H](c3nc(C)no3)C2)cc1. The van der Waals surface area contributed by atoms with E-state index in [0.29, 0.717) is 44.4 Å². The first-order chi connectivity index (χ1) is 12.6. The minimum absolute atomic E-state index is 0.0143. The Hall–Kier alpha value is -2.41. The van der Waals surface area contributed by atoms with Crippen LogP contribution in [0.25, 0.3) is 0 Å². The van der Waals surface area contributed by atoms with Crippen molar-refractivity contribution >= 4 is 5.91 Å². The molecule has 1 aliphatic heterocycles. The molecule has 0 unspecified atom stereocenters. The van der Waals surface area contributed by atoms with Gasteiger partial charge in [-0.25, -0.2) is 0 Å². The number of rotatable bonds is 7. The van der Waals surface area contributed by atoms with Crippen molar-refractivity contribution in [2.45, 2.75) is 26.2 Å². The highest BCUT2D eigenvalue weighted by Gasteiger charge is 2.39. The number of ether oxygens (including phenoxy) is 2. The summed E-state index contributed by atoms with van der Waals surface area (Å²) < 4.78 is 16.1. The Bertz CT molecular complexity index is 729. The van der Waals surface area contributed by atoms with Gasteiger partial charge in [-0.2, -0.15) is 4.98 Å². The topological polar surface area (TPSA) is 77.7 Å². The molecular weight excluding hydrogens is 334 g/mol. The van der Waals surface area contributed by atoms with Crippen molar-refractivity contribution in [1.29, 1.82) is 0 Å². The van der Waals surface area contributed by atoms with Crippen LogP contribution in [-0.4, -0.2) is 54.4 Å². The number of methoxy groups -OCH3 is 1. The lowest BCUT2D eigenvalue weighted by molar-refractivity contribution is -0.129. The number of aromatic nitrogens is 2. The summed E-state index contributed by atoms with van der Waals surface area (Å²) >= 11 is 0. The molecule has 1 aliphatic rings. The Balaban J connectivity index is 1.65. The summed E-state index contributed by atoms with van der Waals surface area (Å²) in [6.45, 7) is 6.13. The van der Waals surface area contributed by atoms with E-state index in [4.69, 9.17) is 14.0 Å². The predicted octanol–water partition coefficient (Wildman–Crippen LogP) is 2.21. The minimum Gasteiger partial charge on any atom is -0.494 e. The van der Waals surface area contributed by atoms with Crippen molar-refractivity contribution < 1.29 is 18.8 Å². The second-order valence-corrected chi connectivity index (χ2v) is 6.55. The number of hydrogen-bond acceptors (Lipinski definition) is 6. The summed E-state index contributed by atoms with van der Waals surface area (Å²) in [5.74, 6) is 2.27. The lowest BCUT2D eigenvalue weighted by atomic mass is 9.97. The van der Waals surface area contributed by atoms with Gasteiger partial charge >= 0.3 is 0 Å². The van der Waals surface area contributed by atoms with Crippen molar-refractivity contribution in [2.75, 3.05) is 33.4 Å². The molecule has 2 atom stereocenters. The van der Waals surface area contributed by atoms with Gasteiger partial charge in [0.25, 0.3) is 0 Å². The molecule has 0 spiro atoms. The third-order valence-corrected chi connectivity index (χ3v) is 4.62. The van der Waals surface area contributed by atoms with E-state index in [-0.39, 0.29) is 17.7 Å². The van der Waals surface area contributed by atoms with Crippen molar-refractivity contribution in [2.24, 2.45) is 5.92 Å². The molecule has 2 aromatic rings. The van der Waals surface area contributed by atoms with Crippen molar-refractivity contribution in [3.05, 3.63) is 41.5 Å². The maximum absolute atomic E-state index is 12.7. The Morgan fingerprint density at radius 3 is 2.69 bits per heavy atom. The lowest BCUT2D eigenvalue weighted by Crippen LogP contribution is -2.30. The van der Waals surface area contributed by atoms with E-state index < -0.39 is 0 Å². The van der Waals surface area contributed by atoms with Crippen molar-refractivity contribution in [3.8, 4) is 5.75 Å². The number of amides is 1. The highest BCUT2D eigenvalue weighted by Crippen LogP contribution is 2.32. The monoisotopic (exact) mass is 359 g/mol. The normalized spacial score (nSPS) is 19.7. The van der Waals surface area contributed by atoms with E-state index in [9.17, 15) is 4.79 Å². The zero-order chi connectivity index (χ0) is 18.5. The fraction of sp³-hybridized carbons (Fsp3) is 0.526. The summed E-state index contributed by atoms with van der Waals surface area (Å²) in [6, 6.07) is 7.66. The van der Waals surface area contributed by atoms with Crippen LogP contribution >= 0.6 is 0 Å². The fourth-order valence-electron chi connectivity index (χ4n) is 3.36. The van der Waals surface area contributed by atoms with Gasteiger partial charge in [-0.1, -0.05) is 17.3 Å². The molecule has 0 saturated carbocycles. The van der Waals surface area contributed by atoms with Gasteiger partial charge in [-0.15, -0.1) is 0 Å². The quantitative estimate of drug-likeness (QED) is 0.754. The molecular formula is C19H25N3O4. The van der Waals surface area contributed by atoms with E-state index in [2.05, 4.69) is 10.1 Å². The van der Waals surface area contributed by atoms with E-state index in [0.717, 1.165) is 11.3 Å². The molecule has 140 valence electrons.